The van der Waals surface area contributed by atoms with Gasteiger partial charge in [-0.05, 0) is 104 Å². The Morgan fingerprint density at radius 3 is 1.31 bits per heavy atom. The zero-order valence-electron chi connectivity index (χ0n) is 23.1. The fraction of sp³-hybridized carbons (Fsp3) is 0.533. The molecule has 0 spiro atoms. The minimum atomic E-state index is 0.0336. The Morgan fingerprint density at radius 2 is 1.00 bits per heavy atom. The van der Waals surface area contributed by atoms with E-state index in [0.717, 1.165) is 44.4 Å². The molecule has 2 aromatic carbocycles. The quantitative estimate of drug-likeness (QED) is 0.134. The average molecular weight is 626 g/mol. The normalized spacial score (nSPS) is 12.4. The van der Waals surface area contributed by atoms with Gasteiger partial charge in [-0.2, -0.15) is 0 Å². The van der Waals surface area contributed by atoms with E-state index < -0.39 is 0 Å². The standard InChI is InChI=1S/C30H42Br2O4/c1-9-33-19-35-27-21(15-23(17-25(27)31)29(3,4)5)13-11-12-14-22-16-24(30(6,7)8)18-26(32)28(22)36-20-34-10-2/h11-12,15-18H,9-10,13-14,19-20H2,1-8H3/b12-11+. The maximum Gasteiger partial charge on any atom is 0.189 e. The van der Waals surface area contributed by atoms with Gasteiger partial charge in [-0.1, -0.05) is 65.8 Å². The number of hydrogen-bond acceptors (Lipinski definition) is 4. The molecular weight excluding hydrogens is 584 g/mol. The van der Waals surface area contributed by atoms with Gasteiger partial charge in [-0.25, -0.2) is 0 Å². The summed E-state index contributed by atoms with van der Waals surface area (Å²) in [5, 5.41) is 0. The topological polar surface area (TPSA) is 36.9 Å². The molecule has 0 heterocycles. The van der Waals surface area contributed by atoms with Crippen molar-refractivity contribution in [1.82, 2.24) is 0 Å². The van der Waals surface area contributed by atoms with Gasteiger partial charge in [0.05, 0.1) is 8.95 Å². The van der Waals surface area contributed by atoms with Gasteiger partial charge in [0.2, 0.25) is 0 Å². The van der Waals surface area contributed by atoms with E-state index in [-0.39, 0.29) is 24.4 Å². The SMILES string of the molecule is CCOCOc1c(Br)cc(C(C)(C)C)cc1C/C=C/Cc1cc(C(C)(C)C)cc(Br)c1OCOCC. The molecule has 0 N–H and O–H groups in total. The second-order valence-corrected chi connectivity index (χ2v) is 12.5. The minimum Gasteiger partial charge on any atom is -0.466 e. The first-order chi connectivity index (χ1) is 16.9. The Kier molecular flexibility index (Phi) is 12.0. The molecule has 0 bridgehead atoms. The summed E-state index contributed by atoms with van der Waals surface area (Å²) >= 11 is 7.45. The maximum absolute atomic E-state index is 5.99. The Balaban J connectivity index is 2.32. The van der Waals surface area contributed by atoms with Crippen molar-refractivity contribution < 1.29 is 18.9 Å². The van der Waals surface area contributed by atoms with Crippen LogP contribution in [-0.2, 0) is 33.1 Å². The second kappa shape index (κ2) is 14.0. The molecule has 0 fully saturated rings. The molecule has 0 unspecified atom stereocenters. The lowest BCUT2D eigenvalue weighted by atomic mass is 9.85. The van der Waals surface area contributed by atoms with Gasteiger partial charge in [-0.3, -0.25) is 0 Å². The summed E-state index contributed by atoms with van der Waals surface area (Å²) < 4.78 is 24.8. The van der Waals surface area contributed by atoms with E-state index in [2.05, 4.69) is 110 Å². The van der Waals surface area contributed by atoms with Gasteiger partial charge in [0.1, 0.15) is 11.5 Å². The fourth-order valence-electron chi connectivity index (χ4n) is 3.58. The number of halogens is 2. The van der Waals surface area contributed by atoms with Crippen molar-refractivity contribution in [1.29, 1.82) is 0 Å². The highest BCUT2D eigenvalue weighted by Gasteiger charge is 2.20. The molecule has 0 amide bonds. The number of rotatable bonds is 12. The zero-order valence-corrected chi connectivity index (χ0v) is 26.3. The molecule has 0 radical (unpaired) electrons. The molecule has 36 heavy (non-hydrogen) atoms. The summed E-state index contributed by atoms with van der Waals surface area (Å²) in [5.74, 6) is 1.67. The fourth-order valence-corrected chi connectivity index (χ4v) is 4.81. The lowest BCUT2D eigenvalue weighted by Gasteiger charge is -2.23. The number of hydrogen-bond donors (Lipinski definition) is 0. The smallest absolute Gasteiger partial charge is 0.189 e. The number of ether oxygens (including phenoxy) is 4. The summed E-state index contributed by atoms with van der Waals surface area (Å²) in [5.41, 5.74) is 4.84. The van der Waals surface area contributed by atoms with Gasteiger partial charge in [-0.15, -0.1) is 0 Å². The van der Waals surface area contributed by atoms with E-state index in [1.807, 2.05) is 13.8 Å². The monoisotopic (exact) mass is 624 g/mol. The van der Waals surface area contributed by atoms with Crippen molar-refractivity contribution in [2.45, 2.75) is 79.1 Å². The molecule has 200 valence electrons. The van der Waals surface area contributed by atoms with Crippen LogP contribution >= 0.6 is 31.9 Å². The third kappa shape index (κ3) is 9.20. The predicted molar refractivity (Wildman–Crippen MR) is 156 cm³/mol. The van der Waals surface area contributed by atoms with Crippen LogP contribution in [0.3, 0.4) is 0 Å². The van der Waals surface area contributed by atoms with E-state index in [4.69, 9.17) is 18.9 Å². The predicted octanol–water partition coefficient (Wildman–Crippen LogP) is 8.89. The lowest BCUT2D eigenvalue weighted by Crippen LogP contribution is -2.13. The van der Waals surface area contributed by atoms with Gasteiger partial charge in [0.25, 0.3) is 0 Å². The van der Waals surface area contributed by atoms with Gasteiger partial charge in [0, 0.05) is 13.2 Å². The highest BCUT2D eigenvalue weighted by Crippen LogP contribution is 2.37. The van der Waals surface area contributed by atoms with Gasteiger partial charge < -0.3 is 18.9 Å². The molecular formula is C30H42Br2O4. The largest absolute Gasteiger partial charge is 0.466 e. The first-order valence-electron chi connectivity index (χ1n) is 12.6. The van der Waals surface area contributed by atoms with Crippen LogP contribution in [0.25, 0.3) is 0 Å². The Labute approximate surface area is 235 Å². The molecule has 0 aliphatic rings. The molecule has 2 aromatic rings. The van der Waals surface area contributed by atoms with Gasteiger partial charge >= 0.3 is 0 Å². The van der Waals surface area contributed by atoms with E-state index in [1.54, 1.807) is 0 Å². The highest BCUT2D eigenvalue weighted by atomic mass is 79.9. The van der Waals surface area contributed by atoms with Crippen molar-refractivity contribution in [3.63, 3.8) is 0 Å². The molecule has 0 saturated heterocycles. The first-order valence-corrected chi connectivity index (χ1v) is 14.2. The molecule has 0 atom stereocenters. The van der Waals surface area contributed by atoms with Crippen molar-refractivity contribution in [3.8, 4) is 11.5 Å². The van der Waals surface area contributed by atoms with Crippen molar-refractivity contribution in [2.75, 3.05) is 26.8 Å². The summed E-state index contributed by atoms with van der Waals surface area (Å²) in [7, 11) is 0. The minimum absolute atomic E-state index is 0.0336. The molecule has 0 aliphatic carbocycles. The van der Waals surface area contributed by atoms with Crippen LogP contribution in [0.4, 0.5) is 0 Å². The van der Waals surface area contributed by atoms with Crippen LogP contribution < -0.4 is 9.47 Å². The molecule has 2 rings (SSSR count). The molecule has 0 saturated carbocycles. The molecule has 0 aromatic heterocycles. The van der Waals surface area contributed by atoms with Crippen LogP contribution in [0.5, 0.6) is 11.5 Å². The maximum atomic E-state index is 5.99. The third-order valence-corrected chi connectivity index (χ3v) is 6.97. The lowest BCUT2D eigenvalue weighted by molar-refractivity contribution is 0.0212. The van der Waals surface area contributed by atoms with E-state index >= 15 is 0 Å². The molecule has 4 nitrogen and oxygen atoms in total. The van der Waals surface area contributed by atoms with Crippen molar-refractivity contribution >= 4 is 31.9 Å². The molecule has 0 aliphatic heterocycles. The Morgan fingerprint density at radius 1 is 0.639 bits per heavy atom. The van der Waals surface area contributed by atoms with Crippen molar-refractivity contribution in [2.24, 2.45) is 0 Å². The summed E-state index contributed by atoms with van der Waals surface area (Å²) in [6.45, 7) is 18.9. The summed E-state index contributed by atoms with van der Waals surface area (Å²) in [6, 6.07) is 8.77. The van der Waals surface area contributed by atoms with E-state index in [9.17, 15) is 0 Å². The van der Waals surface area contributed by atoms with Crippen LogP contribution in [0.2, 0.25) is 0 Å². The molecule has 6 heteroatoms. The summed E-state index contributed by atoms with van der Waals surface area (Å²) in [4.78, 5) is 0. The zero-order chi connectivity index (χ0) is 26.9. The van der Waals surface area contributed by atoms with E-state index in [0.29, 0.717) is 13.2 Å². The van der Waals surface area contributed by atoms with Crippen LogP contribution in [0.1, 0.15) is 77.6 Å². The second-order valence-electron chi connectivity index (χ2n) is 10.8. The Hall–Kier alpha value is -1.34. The Bertz CT molecular complexity index is 936. The number of allylic oxidation sites excluding steroid dienone is 2. The van der Waals surface area contributed by atoms with Crippen molar-refractivity contribution in [3.05, 3.63) is 67.6 Å². The summed E-state index contributed by atoms with van der Waals surface area (Å²) in [6.07, 6.45) is 5.90. The third-order valence-electron chi connectivity index (χ3n) is 5.80. The highest BCUT2D eigenvalue weighted by molar-refractivity contribution is 9.10. The average Bonchev–Trinajstić information content (AvgIpc) is 2.78. The van der Waals surface area contributed by atoms with Crippen LogP contribution in [0, 0.1) is 0 Å². The number of benzene rings is 2. The first kappa shape index (κ1) is 30.9. The van der Waals surface area contributed by atoms with Crippen LogP contribution in [-0.4, -0.2) is 26.8 Å². The van der Waals surface area contributed by atoms with Gasteiger partial charge in [0.15, 0.2) is 13.6 Å². The van der Waals surface area contributed by atoms with E-state index in [1.165, 1.54) is 11.1 Å². The van der Waals surface area contributed by atoms with Crippen LogP contribution in [0.15, 0.2) is 45.4 Å².